The summed E-state index contributed by atoms with van der Waals surface area (Å²) in [6.07, 6.45) is 2.04. The molecule has 5 rings (SSSR count). The molecule has 0 N–H and O–H groups in total. The summed E-state index contributed by atoms with van der Waals surface area (Å²) >= 11 is 13.0. The Balaban J connectivity index is 1.57. The van der Waals surface area contributed by atoms with Gasteiger partial charge in [-0.3, -0.25) is 0 Å². The van der Waals surface area contributed by atoms with Crippen molar-refractivity contribution in [1.29, 1.82) is 0 Å². The number of rotatable bonds is 2. The zero-order chi connectivity index (χ0) is 18.5. The zero-order valence-electron chi connectivity index (χ0n) is 14.5. The number of hydrogen-bond donors (Lipinski definition) is 0. The first-order chi connectivity index (χ1) is 13.1. The molecule has 130 valence electrons. The van der Waals surface area contributed by atoms with Crippen molar-refractivity contribution in [3.63, 3.8) is 0 Å². The number of aromatic nitrogens is 2. The zero-order valence-corrected chi connectivity index (χ0v) is 16.9. The van der Waals surface area contributed by atoms with Gasteiger partial charge in [0.1, 0.15) is 5.01 Å². The van der Waals surface area contributed by atoms with Crippen LogP contribution in [0.25, 0.3) is 27.7 Å². The first kappa shape index (κ1) is 16.7. The third-order valence-electron chi connectivity index (χ3n) is 4.84. The highest BCUT2D eigenvalue weighted by molar-refractivity contribution is 7.84. The van der Waals surface area contributed by atoms with Crippen LogP contribution in [0.3, 0.4) is 0 Å². The van der Waals surface area contributed by atoms with Crippen molar-refractivity contribution in [2.24, 2.45) is 7.05 Å². The Morgan fingerprint density at radius 1 is 0.926 bits per heavy atom. The van der Waals surface area contributed by atoms with Crippen LogP contribution in [0, 0.1) is 0 Å². The van der Waals surface area contributed by atoms with E-state index in [0.717, 1.165) is 41.8 Å². The normalized spacial score (nSPS) is 13.4. The van der Waals surface area contributed by atoms with Gasteiger partial charge in [0, 0.05) is 23.7 Å². The van der Waals surface area contributed by atoms with Crippen molar-refractivity contribution < 1.29 is 0 Å². The van der Waals surface area contributed by atoms with Crippen LogP contribution in [0.4, 0.5) is 0 Å². The summed E-state index contributed by atoms with van der Waals surface area (Å²) < 4.78 is 3.30. The average Bonchev–Trinajstić information content (AvgIpc) is 3.31. The van der Waals surface area contributed by atoms with Gasteiger partial charge in [-0.1, -0.05) is 79.0 Å². The van der Waals surface area contributed by atoms with Gasteiger partial charge in [0.2, 0.25) is 0 Å². The third kappa shape index (κ3) is 2.62. The molecule has 2 aromatic carbocycles. The van der Waals surface area contributed by atoms with E-state index in [0.29, 0.717) is 0 Å². The highest BCUT2D eigenvalue weighted by Gasteiger charge is 2.26. The topological polar surface area (TPSA) is 17.8 Å². The van der Waals surface area contributed by atoms with Crippen LogP contribution in [0.15, 0.2) is 66.2 Å². The van der Waals surface area contributed by atoms with Crippen molar-refractivity contribution in [3.05, 3.63) is 82.4 Å². The summed E-state index contributed by atoms with van der Waals surface area (Å²) in [7, 11) is 2.06. The third-order valence-corrected chi connectivity index (χ3v) is 6.66. The number of aryl methyl sites for hydroxylation is 1. The fraction of sp³-hybridized carbons (Fsp3) is 0.0455. The van der Waals surface area contributed by atoms with Crippen LogP contribution < -0.4 is 0 Å². The number of hydrogen-bond acceptors (Lipinski definition) is 4. The van der Waals surface area contributed by atoms with Crippen LogP contribution in [0.1, 0.15) is 16.1 Å². The minimum Gasteiger partial charge on any atom is -0.328 e. The Hall–Kier alpha value is -2.47. The first-order valence-corrected chi connectivity index (χ1v) is 10.2. The van der Waals surface area contributed by atoms with Gasteiger partial charge in [-0.05, 0) is 17.7 Å². The molecule has 0 saturated carbocycles. The van der Waals surface area contributed by atoms with Gasteiger partial charge in [0.15, 0.2) is 5.65 Å². The lowest BCUT2D eigenvalue weighted by molar-refractivity contribution is 0.959. The highest BCUT2D eigenvalue weighted by Crippen LogP contribution is 2.34. The van der Waals surface area contributed by atoms with E-state index in [4.69, 9.17) is 29.4 Å². The Bertz CT molecular complexity index is 1220. The Labute approximate surface area is 171 Å². The van der Waals surface area contributed by atoms with Crippen molar-refractivity contribution >= 4 is 61.9 Å². The molecular formula is C22H14N2S3. The van der Waals surface area contributed by atoms with E-state index in [1.165, 1.54) is 11.3 Å². The minimum absolute atomic E-state index is 0.819. The molecule has 1 aliphatic carbocycles. The molecule has 0 aliphatic heterocycles. The van der Waals surface area contributed by atoms with Gasteiger partial charge in [-0.2, -0.15) is 0 Å². The number of allylic oxidation sites excluding steroid dienone is 1. The number of thiazole rings is 1. The maximum Gasteiger partial charge on any atom is 0.151 e. The van der Waals surface area contributed by atoms with Crippen LogP contribution in [-0.4, -0.2) is 19.3 Å². The molecule has 5 heteroatoms. The molecule has 0 radical (unpaired) electrons. The van der Waals surface area contributed by atoms with Crippen LogP contribution in [0.5, 0.6) is 0 Å². The van der Waals surface area contributed by atoms with E-state index in [1.807, 2.05) is 36.4 Å². The van der Waals surface area contributed by atoms with Crippen LogP contribution >= 0.6 is 35.8 Å². The minimum atomic E-state index is 0.819. The molecule has 0 amide bonds. The summed E-state index contributed by atoms with van der Waals surface area (Å²) in [5, 5.41) is 0.933. The molecule has 27 heavy (non-hydrogen) atoms. The van der Waals surface area contributed by atoms with E-state index in [2.05, 4.69) is 41.9 Å². The Morgan fingerprint density at radius 3 is 2.19 bits per heavy atom. The van der Waals surface area contributed by atoms with Gasteiger partial charge in [0.25, 0.3) is 0 Å². The second-order valence-electron chi connectivity index (χ2n) is 6.46. The first-order valence-electron chi connectivity index (χ1n) is 8.55. The maximum atomic E-state index is 5.66. The van der Waals surface area contributed by atoms with Crippen molar-refractivity contribution in [2.75, 3.05) is 0 Å². The predicted molar refractivity (Wildman–Crippen MR) is 122 cm³/mol. The molecule has 0 bridgehead atoms. The second-order valence-corrected chi connectivity index (χ2v) is 8.34. The summed E-state index contributed by atoms with van der Waals surface area (Å²) in [6.45, 7) is 0. The van der Waals surface area contributed by atoms with E-state index in [1.54, 1.807) is 11.3 Å². The van der Waals surface area contributed by atoms with Crippen molar-refractivity contribution in [3.8, 4) is 11.3 Å². The van der Waals surface area contributed by atoms with Crippen LogP contribution in [0.2, 0.25) is 0 Å². The highest BCUT2D eigenvalue weighted by atomic mass is 32.1. The number of benzene rings is 2. The fourth-order valence-corrected chi connectivity index (χ4v) is 5.21. The Morgan fingerprint density at radius 2 is 1.56 bits per heavy atom. The predicted octanol–water partition coefficient (Wildman–Crippen LogP) is 5.84. The van der Waals surface area contributed by atoms with Gasteiger partial charge >= 0.3 is 0 Å². The molecular weight excluding hydrogens is 388 g/mol. The van der Waals surface area contributed by atoms with E-state index < -0.39 is 0 Å². The van der Waals surface area contributed by atoms with Gasteiger partial charge in [-0.15, -0.1) is 11.3 Å². The quantitative estimate of drug-likeness (QED) is 0.310. The lowest BCUT2D eigenvalue weighted by Gasteiger charge is -2.03. The summed E-state index contributed by atoms with van der Waals surface area (Å²) in [5.74, 6) is 0. The lowest BCUT2D eigenvalue weighted by Crippen LogP contribution is -1.98. The molecule has 4 aromatic rings. The summed E-state index contributed by atoms with van der Waals surface area (Å²) in [6, 6.07) is 20.7. The average molecular weight is 403 g/mol. The van der Waals surface area contributed by atoms with Gasteiger partial charge < -0.3 is 4.57 Å². The summed E-state index contributed by atoms with van der Waals surface area (Å²) in [5.41, 5.74) is 6.38. The molecule has 2 heterocycles. The molecule has 0 unspecified atom stereocenters. The molecule has 0 fully saturated rings. The SMILES string of the molecule is Cn1c(-c2ccccc2)cc2sc(C=C3C(=S)c4ccccc4C3=S)nc21. The van der Waals surface area contributed by atoms with E-state index in [9.17, 15) is 0 Å². The monoisotopic (exact) mass is 402 g/mol. The molecule has 0 spiro atoms. The van der Waals surface area contributed by atoms with Crippen LogP contribution in [-0.2, 0) is 7.05 Å². The molecule has 0 atom stereocenters. The van der Waals surface area contributed by atoms with Crippen molar-refractivity contribution in [1.82, 2.24) is 9.55 Å². The number of fused-ring (bicyclic) bond motifs is 2. The van der Waals surface area contributed by atoms with Crippen molar-refractivity contribution in [2.45, 2.75) is 0 Å². The number of thiocarbonyl (C=S) groups is 2. The lowest BCUT2D eigenvalue weighted by atomic mass is 10.1. The molecule has 2 nitrogen and oxygen atoms in total. The molecule has 1 aliphatic rings. The fourth-order valence-electron chi connectivity index (χ4n) is 3.48. The maximum absolute atomic E-state index is 5.66. The molecule has 0 saturated heterocycles. The smallest absolute Gasteiger partial charge is 0.151 e. The summed E-state index contributed by atoms with van der Waals surface area (Å²) in [4.78, 5) is 6.48. The van der Waals surface area contributed by atoms with Gasteiger partial charge in [-0.25, -0.2) is 4.98 Å². The van der Waals surface area contributed by atoms with Gasteiger partial charge in [0.05, 0.1) is 20.1 Å². The standard InChI is InChI=1S/C22H14N2S3/c1-24-17(13-7-3-2-4-8-13)12-18-22(24)23-19(27-18)11-16-20(25)14-9-5-6-10-15(14)21(16)26/h2-12H,1H3. The second kappa shape index (κ2) is 6.30. The largest absolute Gasteiger partial charge is 0.328 e. The molecule has 2 aromatic heterocycles. The van der Waals surface area contributed by atoms with E-state index in [-0.39, 0.29) is 0 Å². The number of nitrogens with zero attached hydrogens (tertiary/aromatic N) is 2. The Kier molecular flexibility index (Phi) is 3.90. The van der Waals surface area contributed by atoms with E-state index >= 15 is 0 Å².